The molecule has 27 heavy (non-hydrogen) atoms. The summed E-state index contributed by atoms with van der Waals surface area (Å²) in [6.07, 6.45) is 0.872. The number of nitrogens with one attached hydrogen (secondary N) is 1. The molecule has 0 spiro atoms. The molecule has 1 aromatic carbocycles. The van der Waals surface area contributed by atoms with Crippen molar-refractivity contribution in [2.75, 3.05) is 6.54 Å². The fourth-order valence-electron chi connectivity index (χ4n) is 2.93. The maximum Gasteiger partial charge on any atom is 0.336 e. The second-order valence-corrected chi connectivity index (χ2v) is 7.93. The predicted molar refractivity (Wildman–Crippen MR) is 109 cm³/mol. The molecule has 0 saturated carbocycles. The first kappa shape index (κ1) is 19.1. The average Bonchev–Trinajstić information content (AvgIpc) is 3.08. The SMILES string of the molecule is Cc1cccc(-n2c(=O)c3sccc3n(CC(=O)NCCC(C)C)c2=O)c1. The van der Waals surface area contributed by atoms with Gasteiger partial charge in [-0.05, 0) is 48.4 Å². The summed E-state index contributed by atoms with van der Waals surface area (Å²) in [4.78, 5) is 38.3. The number of aryl methyl sites for hydroxylation is 1. The smallest absolute Gasteiger partial charge is 0.336 e. The maximum atomic E-state index is 13.1. The molecule has 2 aromatic heterocycles. The summed E-state index contributed by atoms with van der Waals surface area (Å²) in [5.74, 6) is 0.250. The minimum Gasteiger partial charge on any atom is -0.355 e. The van der Waals surface area contributed by atoms with Crippen LogP contribution in [0, 0.1) is 12.8 Å². The highest BCUT2D eigenvalue weighted by Crippen LogP contribution is 2.16. The molecule has 1 N–H and O–H groups in total. The zero-order valence-electron chi connectivity index (χ0n) is 15.7. The van der Waals surface area contributed by atoms with Gasteiger partial charge in [0.2, 0.25) is 5.91 Å². The van der Waals surface area contributed by atoms with E-state index in [9.17, 15) is 14.4 Å². The Kier molecular flexibility index (Phi) is 5.60. The fraction of sp³-hybridized carbons (Fsp3) is 0.350. The van der Waals surface area contributed by atoms with Gasteiger partial charge < -0.3 is 5.32 Å². The van der Waals surface area contributed by atoms with Gasteiger partial charge in [-0.3, -0.25) is 14.2 Å². The van der Waals surface area contributed by atoms with Gasteiger partial charge in [0, 0.05) is 6.54 Å². The molecule has 0 aliphatic carbocycles. The van der Waals surface area contributed by atoms with Crippen molar-refractivity contribution < 1.29 is 4.79 Å². The first-order valence-electron chi connectivity index (χ1n) is 8.95. The summed E-state index contributed by atoms with van der Waals surface area (Å²) in [7, 11) is 0. The molecular formula is C20H23N3O3S. The third kappa shape index (κ3) is 4.03. The number of amides is 1. The molecule has 1 amide bonds. The van der Waals surface area contributed by atoms with Crippen LogP contribution in [0.2, 0.25) is 0 Å². The zero-order chi connectivity index (χ0) is 19.6. The summed E-state index contributed by atoms with van der Waals surface area (Å²) in [6.45, 7) is 6.53. The highest BCUT2D eigenvalue weighted by molar-refractivity contribution is 7.17. The van der Waals surface area contributed by atoms with Crippen LogP contribution in [0.3, 0.4) is 0 Å². The van der Waals surface area contributed by atoms with Crippen LogP contribution in [-0.2, 0) is 11.3 Å². The Balaban J connectivity index is 2.05. The molecule has 0 fully saturated rings. The average molecular weight is 385 g/mol. The van der Waals surface area contributed by atoms with Gasteiger partial charge in [-0.25, -0.2) is 9.36 Å². The Labute approximate surface area is 161 Å². The topological polar surface area (TPSA) is 73.1 Å². The van der Waals surface area contributed by atoms with Crippen LogP contribution in [0.5, 0.6) is 0 Å². The number of fused-ring (bicyclic) bond motifs is 1. The number of aromatic nitrogens is 2. The monoisotopic (exact) mass is 385 g/mol. The van der Waals surface area contributed by atoms with Crippen molar-refractivity contribution in [1.82, 2.24) is 14.5 Å². The molecule has 6 nitrogen and oxygen atoms in total. The van der Waals surface area contributed by atoms with Crippen molar-refractivity contribution >= 4 is 27.5 Å². The molecule has 0 unspecified atom stereocenters. The van der Waals surface area contributed by atoms with E-state index in [2.05, 4.69) is 19.2 Å². The van der Waals surface area contributed by atoms with Crippen molar-refractivity contribution in [2.45, 2.75) is 33.7 Å². The Morgan fingerprint density at radius 3 is 2.70 bits per heavy atom. The van der Waals surface area contributed by atoms with E-state index in [-0.39, 0.29) is 18.0 Å². The van der Waals surface area contributed by atoms with Crippen molar-refractivity contribution in [3.63, 3.8) is 0 Å². The summed E-state index contributed by atoms with van der Waals surface area (Å²) >= 11 is 1.27. The Morgan fingerprint density at radius 1 is 1.22 bits per heavy atom. The van der Waals surface area contributed by atoms with Crippen LogP contribution < -0.4 is 16.6 Å². The second-order valence-electron chi connectivity index (χ2n) is 7.02. The minimum atomic E-state index is -0.504. The van der Waals surface area contributed by atoms with E-state index in [1.807, 2.05) is 13.0 Å². The first-order valence-corrected chi connectivity index (χ1v) is 9.83. The van der Waals surface area contributed by atoms with Crippen LogP contribution in [0.4, 0.5) is 0 Å². The summed E-state index contributed by atoms with van der Waals surface area (Å²) in [6, 6.07) is 8.93. The van der Waals surface area contributed by atoms with Gasteiger partial charge in [-0.15, -0.1) is 11.3 Å². The number of rotatable bonds is 6. The fourth-order valence-corrected chi connectivity index (χ4v) is 3.76. The number of hydrogen-bond donors (Lipinski definition) is 1. The van der Waals surface area contributed by atoms with E-state index in [1.165, 1.54) is 15.9 Å². The number of hydrogen-bond acceptors (Lipinski definition) is 4. The van der Waals surface area contributed by atoms with E-state index in [0.29, 0.717) is 28.4 Å². The third-order valence-electron chi connectivity index (χ3n) is 4.36. The van der Waals surface area contributed by atoms with Crippen molar-refractivity contribution in [1.29, 1.82) is 0 Å². The van der Waals surface area contributed by atoms with Crippen LogP contribution in [-0.4, -0.2) is 21.6 Å². The second kappa shape index (κ2) is 7.92. The normalized spacial score (nSPS) is 11.3. The van der Waals surface area contributed by atoms with Crippen LogP contribution in [0.25, 0.3) is 15.9 Å². The van der Waals surface area contributed by atoms with E-state index in [0.717, 1.165) is 16.6 Å². The lowest BCUT2D eigenvalue weighted by Gasteiger charge is -2.13. The lowest BCUT2D eigenvalue weighted by atomic mass is 10.1. The molecule has 0 aliphatic rings. The van der Waals surface area contributed by atoms with Gasteiger partial charge in [0.15, 0.2) is 0 Å². The number of carbonyl (C=O) groups is 1. The van der Waals surface area contributed by atoms with Gasteiger partial charge in [-0.2, -0.15) is 0 Å². The number of carbonyl (C=O) groups excluding carboxylic acids is 1. The molecule has 3 aromatic rings. The summed E-state index contributed by atoms with van der Waals surface area (Å²) in [5, 5.41) is 4.61. The Hall–Kier alpha value is -2.67. The van der Waals surface area contributed by atoms with Gasteiger partial charge in [0.25, 0.3) is 5.56 Å². The highest BCUT2D eigenvalue weighted by atomic mass is 32.1. The lowest BCUT2D eigenvalue weighted by molar-refractivity contribution is -0.121. The van der Waals surface area contributed by atoms with Crippen molar-refractivity contribution in [3.8, 4) is 5.69 Å². The van der Waals surface area contributed by atoms with Crippen molar-refractivity contribution in [3.05, 3.63) is 62.1 Å². The Bertz CT molecular complexity index is 1090. The number of nitrogens with zero attached hydrogens (tertiary/aromatic N) is 2. The molecule has 0 aliphatic heterocycles. The molecule has 0 saturated heterocycles. The molecule has 0 radical (unpaired) electrons. The van der Waals surface area contributed by atoms with Crippen molar-refractivity contribution in [2.24, 2.45) is 5.92 Å². The van der Waals surface area contributed by atoms with E-state index < -0.39 is 5.69 Å². The summed E-state index contributed by atoms with van der Waals surface area (Å²) < 4.78 is 2.99. The lowest BCUT2D eigenvalue weighted by Crippen LogP contribution is -2.41. The molecule has 142 valence electrons. The predicted octanol–water partition coefficient (Wildman–Crippen LogP) is 2.68. The van der Waals surface area contributed by atoms with E-state index in [1.54, 1.807) is 29.6 Å². The highest BCUT2D eigenvalue weighted by Gasteiger charge is 2.17. The van der Waals surface area contributed by atoms with Crippen LogP contribution in [0.1, 0.15) is 25.8 Å². The van der Waals surface area contributed by atoms with Gasteiger partial charge in [0.1, 0.15) is 11.2 Å². The quantitative estimate of drug-likeness (QED) is 0.709. The molecule has 0 bridgehead atoms. The molecule has 3 rings (SSSR count). The minimum absolute atomic E-state index is 0.115. The van der Waals surface area contributed by atoms with E-state index >= 15 is 0 Å². The first-order chi connectivity index (χ1) is 12.9. The number of benzene rings is 1. The van der Waals surface area contributed by atoms with Gasteiger partial charge >= 0.3 is 5.69 Å². The molecule has 0 atom stereocenters. The van der Waals surface area contributed by atoms with Crippen LogP contribution >= 0.6 is 11.3 Å². The Morgan fingerprint density at radius 2 is 2.00 bits per heavy atom. The number of thiophene rings is 1. The maximum absolute atomic E-state index is 13.1. The van der Waals surface area contributed by atoms with Crippen LogP contribution in [0.15, 0.2) is 45.3 Å². The van der Waals surface area contributed by atoms with E-state index in [4.69, 9.17) is 0 Å². The summed E-state index contributed by atoms with van der Waals surface area (Å²) in [5.41, 5.74) is 1.10. The standard InChI is InChI=1S/C20H23N3O3S/c1-13(2)7-9-21-17(24)12-22-16-8-10-27-18(16)19(25)23(20(22)26)15-6-4-5-14(3)11-15/h4-6,8,10-11,13H,7,9,12H2,1-3H3,(H,21,24). The molecule has 7 heteroatoms. The van der Waals surface area contributed by atoms with Gasteiger partial charge in [-0.1, -0.05) is 26.0 Å². The molecular weight excluding hydrogens is 362 g/mol. The molecule has 2 heterocycles. The largest absolute Gasteiger partial charge is 0.355 e. The zero-order valence-corrected chi connectivity index (χ0v) is 16.5. The van der Waals surface area contributed by atoms with Gasteiger partial charge in [0.05, 0.1) is 11.2 Å². The third-order valence-corrected chi connectivity index (χ3v) is 5.25.